The van der Waals surface area contributed by atoms with Gasteiger partial charge in [0, 0.05) is 5.39 Å². The molecule has 0 N–H and O–H groups in total. The molecule has 0 fully saturated rings. The third-order valence-electron chi connectivity index (χ3n) is 1.92. The number of halogens is 4. The van der Waals surface area contributed by atoms with Gasteiger partial charge in [-0.2, -0.15) is 13.2 Å². The van der Waals surface area contributed by atoms with E-state index in [1.165, 1.54) is 6.07 Å². The molecule has 1 aromatic carbocycles. The molecule has 6 heteroatoms. The predicted molar refractivity (Wildman–Crippen MR) is 49.6 cm³/mol. The van der Waals surface area contributed by atoms with Crippen molar-refractivity contribution in [3.8, 4) is 0 Å². The second-order valence-corrected chi connectivity index (χ2v) is 3.25. The van der Waals surface area contributed by atoms with Crippen LogP contribution in [0.3, 0.4) is 0 Å². The summed E-state index contributed by atoms with van der Waals surface area (Å²) < 4.78 is 37.0. The van der Waals surface area contributed by atoms with Gasteiger partial charge in [0.25, 0.3) is 0 Å². The number of hydrogen-bond donors (Lipinski definition) is 0. The van der Waals surface area contributed by atoms with Gasteiger partial charge in [0.1, 0.15) is 11.5 Å². The van der Waals surface area contributed by atoms with Crippen LogP contribution in [0, 0.1) is 0 Å². The quantitative estimate of drug-likeness (QED) is 0.652. The molecule has 2 aromatic rings. The van der Waals surface area contributed by atoms with E-state index in [0.717, 1.165) is 18.5 Å². The fraction of sp³-hybridized carbons (Fsp3) is 0.111. The number of aromatic nitrogens is 2. The van der Waals surface area contributed by atoms with Crippen LogP contribution in [0.2, 0.25) is 5.15 Å². The molecule has 0 amide bonds. The van der Waals surface area contributed by atoms with Gasteiger partial charge in [-0.1, -0.05) is 11.6 Å². The van der Waals surface area contributed by atoms with Crippen LogP contribution >= 0.6 is 11.6 Å². The Balaban J connectivity index is 2.68. The van der Waals surface area contributed by atoms with Gasteiger partial charge < -0.3 is 0 Å². The van der Waals surface area contributed by atoms with Crippen molar-refractivity contribution >= 4 is 22.5 Å². The smallest absolute Gasteiger partial charge is 0.236 e. The first-order chi connectivity index (χ1) is 6.98. The molecule has 0 radical (unpaired) electrons. The van der Waals surface area contributed by atoms with Gasteiger partial charge in [-0.15, -0.1) is 0 Å². The monoisotopic (exact) mass is 232 g/mol. The summed E-state index contributed by atoms with van der Waals surface area (Å²) in [5, 5.41) is 0.556. The van der Waals surface area contributed by atoms with Crippen LogP contribution in [0.5, 0.6) is 0 Å². The maximum absolute atomic E-state index is 12.3. The summed E-state index contributed by atoms with van der Waals surface area (Å²) in [6.45, 7) is 0. The minimum Gasteiger partial charge on any atom is -0.236 e. The van der Waals surface area contributed by atoms with Crippen molar-refractivity contribution in [1.82, 2.24) is 9.97 Å². The van der Waals surface area contributed by atoms with Crippen molar-refractivity contribution in [3.05, 3.63) is 35.2 Å². The van der Waals surface area contributed by atoms with E-state index in [-0.39, 0.29) is 10.7 Å². The molecule has 0 saturated carbocycles. The maximum atomic E-state index is 12.3. The Bertz CT molecular complexity index is 510. The molecule has 2 rings (SSSR count). The molecule has 1 aromatic heterocycles. The van der Waals surface area contributed by atoms with Crippen molar-refractivity contribution in [3.63, 3.8) is 0 Å². The lowest BCUT2D eigenvalue weighted by Gasteiger charge is -2.07. The Labute approximate surface area is 87.7 Å². The molecule has 0 aliphatic heterocycles. The van der Waals surface area contributed by atoms with E-state index in [9.17, 15) is 13.2 Å². The molecule has 0 unspecified atom stereocenters. The summed E-state index contributed by atoms with van der Waals surface area (Å²) in [6.07, 6.45) is -3.24. The molecule has 0 saturated heterocycles. The molecule has 2 nitrogen and oxygen atoms in total. The van der Waals surface area contributed by atoms with E-state index in [1.54, 1.807) is 0 Å². The highest BCUT2D eigenvalue weighted by Crippen LogP contribution is 2.31. The number of benzene rings is 1. The fourth-order valence-electron chi connectivity index (χ4n) is 1.20. The van der Waals surface area contributed by atoms with Crippen molar-refractivity contribution in [1.29, 1.82) is 0 Å². The fourth-order valence-corrected chi connectivity index (χ4v) is 1.40. The number of hydrogen-bond acceptors (Lipinski definition) is 2. The summed E-state index contributed by atoms with van der Waals surface area (Å²) in [4.78, 5) is 7.39. The first-order valence-electron chi connectivity index (χ1n) is 3.96. The van der Waals surface area contributed by atoms with E-state index >= 15 is 0 Å². The third kappa shape index (κ3) is 1.87. The van der Waals surface area contributed by atoms with Gasteiger partial charge in [-0.25, -0.2) is 9.97 Å². The van der Waals surface area contributed by atoms with Gasteiger partial charge >= 0.3 is 6.18 Å². The molecule has 0 aliphatic carbocycles. The molecule has 1 heterocycles. The van der Waals surface area contributed by atoms with E-state index in [0.29, 0.717) is 5.39 Å². The molecular weight excluding hydrogens is 229 g/mol. The molecule has 0 atom stereocenters. The minimum atomic E-state index is -4.37. The van der Waals surface area contributed by atoms with Crippen LogP contribution in [0.4, 0.5) is 13.2 Å². The molecule has 0 aliphatic rings. The Morgan fingerprint density at radius 1 is 1.13 bits per heavy atom. The van der Waals surface area contributed by atoms with Crippen LogP contribution in [0.15, 0.2) is 24.5 Å². The zero-order chi connectivity index (χ0) is 11.1. The first kappa shape index (κ1) is 10.2. The normalized spacial score (nSPS) is 12.0. The predicted octanol–water partition coefficient (Wildman–Crippen LogP) is 3.30. The van der Waals surface area contributed by atoms with Crippen LogP contribution in [0.25, 0.3) is 10.9 Å². The topological polar surface area (TPSA) is 25.8 Å². The van der Waals surface area contributed by atoms with E-state index in [4.69, 9.17) is 11.6 Å². The largest absolute Gasteiger partial charge is 0.416 e. The van der Waals surface area contributed by atoms with Gasteiger partial charge in [-0.05, 0) is 18.2 Å². The van der Waals surface area contributed by atoms with Crippen LogP contribution in [-0.2, 0) is 6.18 Å². The highest BCUT2D eigenvalue weighted by Gasteiger charge is 2.30. The summed E-state index contributed by atoms with van der Waals surface area (Å²) in [5.41, 5.74) is -0.561. The molecular formula is C9H4ClF3N2. The molecule has 0 bridgehead atoms. The SMILES string of the molecule is FC(F)(F)c1ccc2c(Cl)ncnc2c1. The zero-order valence-electron chi connectivity index (χ0n) is 7.22. The van der Waals surface area contributed by atoms with Crippen molar-refractivity contribution in [2.24, 2.45) is 0 Å². The van der Waals surface area contributed by atoms with E-state index in [1.807, 2.05) is 0 Å². The average Bonchev–Trinajstić information content (AvgIpc) is 2.16. The summed E-state index contributed by atoms with van der Waals surface area (Å²) >= 11 is 5.69. The van der Waals surface area contributed by atoms with Crippen LogP contribution < -0.4 is 0 Å². The second-order valence-electron chi connectivity index (χ2n) is 2.89. The highest BCUT2D eigenvalue weighted by molar-refractivity contribution is 6.34. The van der Waals surface area contributed by atoms with Gasteiger partial charge in [-0.3, -0.25) is 0 Å². The van der Waals surface area contributed by atoms with Gasteiger partial charge in [0.05, 0.1) is 11.1 Å². The lowest BCUT2D eigenvalue weighted by molar-refractivity contribution is -0.137. The van der Waals surface area contributed by atoms with Crippen molar-refractivity contribution in [2.75, 3.05) is 0 Å². The molecule has 15 heavy (non-hydrogen) atoms. The van der Waals surface area contributed by atoms with Crippen LogP contribution in [0.1, 0.15) is 5.56 Å². The van der Waals surface area contributed by atoms with Crippen molar-refractivity contribution < 1.29 is 13.2 Å². The Morgan fingerprint density at radius 2 is 1.87 bits per heavy atom. The Hall–Kier alpha value is -1.36. The summed E-state index contributed by atoms with van der Waals surface area (Å²) in [7, 11) is 0. The lowest BCUT2D eigenvalue weighted by Crippen LogP contribution is -2.04. The first-order valence-corrected chi connectivity index (χ1v) is 4.34. The number of rotatable bonds is 0. The van der Waals surface area contributed by atoms with Gasteiger partial charge in [0.15, 0.2) is 0 Å². The molecule has 78 valence electrons. The standard InChI is InChI=1S/C9H4ClF3N2/c10-8-6-2-1-5(9(11,12)13)3-7(6)14-4-15-8/h1-4H. The van der Waals surface area contributed by atoms with Crippen LogP contribution in [-0.4, -0.2) is 9.97 Å². The van der Waals surface area contributed by atoms with Gasteiger partial charge in [0.2, 0.25) is 0 Å². The summed E-state index contributed by atoms with van der Waals surface area (Å²) in [5.74, 6) is 0. The summed E-state index contributed by atoms with van der Waals surface area (Å²) in [6, 6.07) is 3.17. The highest BCUT2D eigenvalue weighted by atomic mass is 35.5. The zero-order valence-corrected chi connectivity index (χ0v) is 7.97. The number of fused-ring (bicyclic) bond motifs is 1. The van der Waals surface area contributed by atoms with Crippen molar-refractivity contribution in [2.45, 2.75) is 6.18 Å². The Kier molecular flexibility index (Phi) is 2.26. The average molecular weight is 233 g/mol. The van der Waals surface area contributed by atoms with E-state index in [2.05, 4.69) is 9.97 Å². The maximum Gasteiger partial charge on any atom is 0.416 e. The molecule has 0 spiro atoms. The lowest BCUT2D eigenvalue weighted by atomic mass is 10.1. The minimum absolute atomic E-state index is 0.147. The third-order valence-corrected chi connectivity index (χ3v) is 2.22. The number of alkyl halides is 3. The van der Waals surface area contributed by atoms with E-state index < -0.39 is 11.7 Å². The number of nitrogens with zero attached hydrogens (tertiary/aromatic N) is 2. The Morgan fingerprint density at radius 3 is 2.53 bits per heavy atom. The second kappa shape index (κ2) is 3.34.